The Hall–Kier alpha value is -2.82. The van der Waals surface area contributed by atoms with Crippen molar-refractivity contribution >= 4 is 0 Å². The summed E-state index contributed by atoms with van der Waals surface area (Å²) >= 11 is 0. The van der Waals surface area contributed by atoms with Gasteiger partial charge in [-0.2, -0.15) is 0 Å². The van der Waals surface area contributed by atoms with Crippen LogP contribution in [-0.2, 0) is 6.54 Å². The summed E-state index contributed by atoms with van der Waals surface area (Å²) in [7, 11) is 3.29. The Morgan fingerprint density at radius 2 is 1.77 bits per heavy atom. The normalized spacial score (nSPS) is 10.5. The molecular formula is C17H16N3O2. The Kier molecular flexibility index (Phi) is 4.05. The smallest absolute Gasteiger partial charge is 0.196 e. The standard InChI is InChI=1S/C17H16N3O2/c1-21-14-9-7-13(8-10-14)11-20-12-18-17(19-20)15-5-3-4-6-16(15)22-2/h3-10H,11H2,1-2H3. The summed E-state index contributed by atoms with van der Waals surface area (Å²) in [6, 6.07) is 15.5. The molecule has 111 valence electrons. The Labute approximate surface area is 129 Å². The van der Waals surface area contributed by atoms with Crippen LogP contribution >= 0.6 is 0 Å². The van der Waals surface area contributed by atoms with E-state index in [0.717, 1.165) is 22.6 Å². The maximum absolute atomic E-state index is 5.34. The Morgan fingerprint density at radius 1 is 1.00 bits per heavy atom. The van der Waals surface area contributed by atoms with Crippen molar-refractivity contribution in [3.8, 4) is 22.9 Å². The fourth-order valence-corrected chi connectivity index (χ4v) is 2.18. The van der Waals surface area contributed by atoms with Crippen molar-refractivity contribution < 1.29 is 9.47 Å². The van der Waals surface area contributed by atoms with Gasteiger partial charge in [0.15, 0.2) is 12.2 Å². The minimum Gasteiger partial charge on any atom is -0.497 e. The molecule has 0 aliphatic heterocycles. The molecule has 22 heavy (non-hydrogen) atoms. The zero-order valence-electron chi connectivity index (χ0n) is 12.5. The fraction of sp³-hybridized carbons (Fsp3) is 0.176. The molecule has 5 heteroatoms. The monoisotopic (exact) mass is 294 g/mol. The highest BCUT2D eigenvalue weighted by Gasteiger charge is 2.10. The van der Waals surface area contributed by atoms with E-state index in [4.69, 9.17) is 9.47 Å². The average Bonchev–Trinajstić information content (AvgIpc) is 3.04. The molecule has 0 spiro atoms. The van der Waals surface area contributed by atoms with Gasteiger partial charge in [0.2, 0.25) is 0 Å². The first-order valence-electron chi connectivity index (χ1n) is 6.89. The Morgan fingerprint density at radius 3 is 2.50 bits per heavy atom. The summed E-state index contributed by atoms with van der Waals surface area (Å²) in [5, 5.41) is 4.47. The first kappa shape index (κ1) is 14.1. The molecule has 5 nitrogen and oxygen atoms in total. The van der Waals surface area contributed by atoms with Crippen molar-refractivity contribution in [2.24, 2.45) is 0 Å². The fourth-order valence-electron chi connectivity index (χ4n) is 2.18. The van der Waals surface area contributed by atoms with Gasteiger partial charge >= 0.3 is 0 Å². The van der Waals surface area contributed by atoms with Crippen molar-refractivity contribution in [1.29, 1.82) is 0 Å². The van der Waals surface area contributed by atoms with Crippen LogP contribution in [0.4, 0.5) is 0 Å². The van der Waals surface area contributed by atoms with E-state index < -0.39 is 0 Å². The second-order valence-electron chi connectivity index (χ2n) is 4.74. The maximum Gasteiger partial charge on any atom is 0.196 e. The van der Waals surface area contributed by atoms with Crippen LogP contribution in [0.2, 0.25) is 0 Å². The van der Waals surface area contributed by atoms with E-state index in [9.17, 15) is 0 Å². The van der Waals surface area contributed by atoms with Crippen LogP contribution in [0.15, 0.2) is 48.5 Å². The van der Waals surface area contributed by atoms with Crippen molar-refractivity contribution in [3.63, 3.8) is 0 Å². The largest absolute Gasteiger partial charge is 0.497 e. The molecular weight excluding hydrogens is 278 g/mol. The summed E-state index contributed by atoms with van der Waals surface area (Å²) in [6.07, 6.45) is 2.90. The van der Waals surface area contributed by atoms with E-state index in [-0.39, 0.29) is 0 Å². The van der Waals surface area contributed by atoms with Gasteiger partial charge in [-0.15, -0.1) is 5.10 Å². The summed E-state index contributed by atoms with van der Waals surface area (Å²) in [4.78, 5) is 4.25. The highest BCUT2D eigenvalue weighted by Crippen LogP contribution is 2.26. The van der Waals surface area contributed by atoms with Gasteiger partial charge in [-0.1, -0.05) is 24.3 Å². The van der Waals surface area contributed by atoms with Crippen LogP contribution in [0.3, 0.4) is 0 Å². The minimum absolute atomic E-state index is 0.603. The number of rotatable bonds is 5. The minimum atomic E-state index is 0.603. The number of ether oxygens (including phenoxy) is 2. The number of aromatic nitrogens is 3. The molecule has 2 aromatic carbocycles. The third-order valence-corrected chi connectivity index (χ3v) is 3.33. The number of benzene rings is 2. The van der Waals surface area contributed by atoms with E-state index in [1.54, 1.807) is 18.9 Å². The predicted octanol–water partition coefficient (Wildman–Crippen LogP) is 2.81. The number of hydrogen-bond acceptors (Lipinski definition) is 4. The molecule has 0 saturated heterocycles. The van der Waals surface area contributed by atoms with Crippen LogP contribution < -0.4 is 9.47 Å². The van der Waals surface area contributed by atoms with Crippen LogP contribution in [0, 0.1) is 6.33 Å². The highest BCUT2D eigenvalue weighted by molar-refractivity contribution is 5.63. The van der Waals surface area contributed by atoms with Crippen LogP contribution in [-0.4, -0.2) is 29.0 Å². The maximum atomic E-state index is 5.34. The molecule has 0 aliphatic rings. The van der Waals surface area contributed by atoms with E-state index >= 15 is 0 Å². The van der Waals surface area contributed by atoms with Gasteiger partial charge < -0.3 is 9.47 Å². The molecule has 0 bridgehead atoms. The predicted molar refractivity (Wildman–Crippen MR) is 82.9 cm³/mol. The number of methoxy groups -OCH3 is 2. The van der Waals surface area contributed by atoms with E-state index in [0.29, 0.717) is 12.4 Å². The van der Waals surface area contributed by atoms with Crippen molar-refractivity contribution in [2.45, 2.75) is 6.54 Å². The molecule has 3 rings (SSSR count). The van der Waals surface area contributed by atoms with E-state index in [2.05, 4.69) is 16.4 Å². The lowest BCUT2D eigenvalue weighted by molar-refractivity contribution is 0.414. The molecule has 0 N–H and O–H groups in total. The zero-order valence-corrected chi connectivity index (χ0v) is 12.5. The molecule has 0 unspecified atom stereocenters. The molecule has 0 atom stereocenters. The van der Waals surface area contributed by atoms with Crippen molar-refractivity contribution in [1.82, 2.24) is 14.8 Å². The molecule has 1 heterocycles. The summed E-state index contributed by atoms with van der Waals surface area (Å²) in [5.41, 5.74) is 1.96. The summed E-state index contributed by atoms with van der Waals surface area (Å²) in [6.45, 7) is 0.603. The van der Waals surface area contributed by atoms with Gasteiger partial charge in [-0.3, -0.25) is 0 Å². The second-order valence-corrected chi connectivity index (χ2v) is 4.74. The lowest BCUT2D eigenvalue weighted by atomic mass is 10.2. The SMILES string of the molecule is COc1ccc(Cn2[c]nc(-c3ccccc3OC)n2)cc1. The molecule has 0 fully saturated rings. The van der Waals surface area contributed by atoms with Crippen LogP contribution in [0.25, 0.3) is 11.4 Å². The number of hydrogen-bond donors (Lipinski definition) is 0. The second kappa shape index (κ2) is 6.30. The number of para-hydroxylation sites is 1. The summed E-state index contributed by atoms with van der Waals surface area (Å²) in [5.74, 6) is 2.19. The molecule has 0 aliphatic carbocycles. The lowest BCUT2D eigenvalue weighted by Gasteiger charge is -2.04. The lowest BCUT2D eigenvalue weighted by Crippen LogP contribution is -2.01. The van der Waals surface area contributed by atoms with Crippen LogP contribution in [0.5, 0.6) is 11.5 Å². The Balaban J connectivity index is 1.81. The zero-order chi connectivity index (χ0) is 15.4. The van der Waals surface area contributed by atoms with E-state index in [1.165, 1.54) is 0 Å². The van der Waals surface area contributed by atoms with Gasteiger partial charge in [-0.25, -0.2) is 9.67 Å². The third kappa shape index (κ3) is 2.93. The first-order chi connectivity index (χ1) is 10.8. The summed E-state index contributed by atoms with van der Waals surface area (Å²) < 4.78 is 12.2. The van der Waals surface area contributed by atoms with Gasteiger partial charge in [0.1, 0.15) is 11.5 Å². The highest BCUT2D eigenvalue weighted by atomic mass is 16.5. The van der Waals surface area contributed by atoms with Gasteiger partial charge in [0.05, 0.1) is 26.3 Å². The van der Waals surface area contributed by atoms with Crippen molar-refractivity contribution in [2.75, 3.05) is 14.2 Å². The van der Waals surface area contributed by atoms with E-state index in [1.807, 2.05) is 48.5 Å². The number of nitrogens with zero attached hydrogens (tertiary/aromatic N) is 3. The quantitative estimate of drug-likeness (QED) is 0.726. The van der Waals surface area contributed by atoms with Gasteiger partial charge in [0.25, 0.3) is 0 Å². The third-order valence-electron chi connectivity index (χ3n) is 3.33. The van der Waals surface area contributed by atoms with Gasteiger partial charge in [-0.05, 0) is 29.8 Å². The van der Waals surface area contributed by atoms with Crippen molar-refractivity contribution in [3.05, 3.63) is 60.4 Å². The molecule has 1 aromatic heterocycles. The first-order valence-corrected chi connectivity index (χ1v) is 6.89. The Bertz CT molecular complexity index is 751. The van der Waals surface area contributed by atoms with Gasteiger partial charge in [0, 0.05) is 0 Å². The molecule has 1 radical (unpaired) electrons. The molecule has 0 amide bonds. The molecule has 3 aromatic rings. The molecule has 0 saturated carbocycles. The topological polar surface area (TPSA) is 49.2 Å². The average molecular weight is 294 g/mol. The van der Waals surface area contributed by atoms with Crippen LogP contribution in [0.1, 0.15) is 5.56 Å².